The van der Waals surface area contributed by atoms with E-state index in [2.05, 4.69) is 5.32 Å². The second-order valence-corrected chi connectivity index (χ2v) is 7.83. The van der Waals surface area contributed by atoms with Crippen molar-refractivity contribution in [3.05, 3.63) is 35.9 Å². The lowest BCUT2D eigenvalue weighted by Crippen LogP contribution is -2.41. The van der Waals surface area contributed by atoms with Crippen LogP contribution in [0.15, 0.2) is 30.3 Å². The minimum Gasteiger partial charge on any atom is -0.445 e. The van der Waals surface area contributed by atoms with Gasteiger partial charge in [0.1, 0.15) is 6.61 Å². The quantitative estimate of drug-likeness (QED) is 0.594. The van der Waals surface area contributed by atoms with Crippen LogP contribution in [0.5, 0.6) is 0 Å². The van der Waals surface area contributed by atoms with Crippen molar-refractivity contribution in [3.63, 3.8) is 0 Å². The minimum atomic E-state index is -0.387. The maximum Gasteiger partial charge on any atom is 0.407 e. The first kappa shape index (κ1) is 20.2. The summed E-state index contributed by atoms with van der Waals surface area (Å²) in [5.74, 6) is 0.390. The molecule has 1 aliphatic rings. The molecule has 26 heavy (non-hydrogen) atoms. The summed E-state index contributed by atoms with van der Waals surface area (Å²) >= 11 is 0. The van der Waals surface area contributed by atoms with Gasteiger partial charge in [-0.25, -0.2) is 9.86 Å². The Kier molecular flexibility index (Phi) is 7.45. The van der Waals surface area contributed by atoms with Gasteiger partial charge < -0.3 is 10.1 Å². The third-order valence-electron chi connectivity index (χ3n) is 4.33. The molecule has 6 heteroatoms. The minimum absolute atomic E-state index is 0.128. The van der Waals surface area contributed by atoms with E-state index >= 15 is 0 Å². The number of hydrogen-bond donors (Lipinski definition) is 1. The van der Waals surface area contributed by atoms with E-state index in [9.17, 15) is 9.59 Å². The van der Waals surface area contributed by atoms with Crippen LogP contribution in [-0.2, 0) is 21.0 Å². The molecule has 0 bridgehead atoms. The Balaban J connectivity index is 1.67. The van der Waals surface area contributed by atoms with Gasteiger partial charge in [0.05, 0.1) is 12.1 Å². The van der Waals surface area contributed by atoms with E-state index in [1.54, 1.807) is 0 Å². The Morgan fingerprint density at radius 3 is 2.42 bits per heavy atom. The van der Waals surface area contributed by atoms with E-state index in [0.717, 1.165) is 37.7 Å². The van der Waals surface area contributed by atoms with Crippen LogP contribution in [0.1, 0.15) is 52.0 Å². The number of hydroxylamine groups is 2. The van der Waals surface area contributed by atoms with Crippen LogP contribution in [0.2, 0.25) is 0 Å². The van der Waals surface area contributed by atoms with Crippen LogP contribution in [-0.4, -0.2) is 35.8 Å². The number of nitrogens with one attached hydrogen (secondary N) is 1. The first-order valence-corrected chi connectivity index (χ1v) is 9.24. The third-order valence-corrected chi connectivity index (χ3v) is 4.33. The van der Waals surface area contributed by atoms with Gasteiger partial charge in [-0.1, -0.05) is 30.3 Å². The molecule has 1 aromatic carbocycles. The van der Waals surface area contributed by atoms with E-state index in [-0.39, 0.29) is 24.3 Å². The highest BCUT2D eigenvalue weighted by Crippen LogP contribution is 2.26. The van der Waals surface area contributed by atoms with Crippen molar-refractivity contribution in [2.45, 2.75) is 64.7 Å². The maximum atomic E-state index is 11.9. The lowest BCUT2D eigenvalue weighted by molar-refractivity contribution is -0.220. The summed E-state index contributed by atoms with van der Waals surface area (Å²) in [6, 6.07) is 9.75. The molecule has 2 amide bonds. The van der Waals surface area contributed by atoms with Crippen LogP contribution in [0.25, 0.3) is 0 Å². The van der Waals surface area contributed by atoms with Crippen molar-refractivity contribution >= 4 is 12.5 Å². The number of ether oxygens (including phenoxy) is 1. The zero-order valence-electron chi connectivity index (χ0n) is 15.9. The van der Waals surface area contributed by atoms with Crippen LogP contribution in [0.3, 0.4) is 0 Å². The highest BCUT2D eigenvalue weighted by Gasteiger charge is 2.26. The van der Waals surface area contributed by atoms with Crippen molar-refractivity contribution in [3.8, 4) is 0 Å². The first-order valence-electron chi connectivity index (χ1n) is 9.24. The van der Waals surface area contributed by atoms with Crippen molar-refractivity contribution in [1.82, 2.24) is 10.4 Å². The number of rotatable bonds is 7. The van der Waals surface area contributed by atoms with E-state index in [1.807, 2.05) is 51.1 Å². The molecule has 1 N–H and O–H groups in total. The lowest BCUT2D eigenvalue weighted by Gasteiger charge is -2.33. The summed E-state index contributed by atoms with van der Waals surface area (Å²) in [6.07, 6.45) is 4.03. The van der Waals surface area contributed by atoms with Gasteiger partial charge in [-0.2, -0.15) is 0 Å². The first-order chi connectivity index (χ1) is 12.4. The number of nitrogens with zero attached hydrogens (tertiary/aromatic N) is 1. The zero-order valence-corrected chi connectivity index (χ0v) is 15.9. The number of hydrogen-bond acceptors (Lipinski definition) is 4. The number of amides is 2. The SMILES string of the molecule is CC(C)(C)ON(C=O)CC1CCC(NC(=O)OCc2ccccc2)CC1. The highest BCUT2D eigenvalue weighted by atomic mass is 16.7. The molecular formula is C20H30N2O4. The van der Waals surface area contributed by atoms with E-state index < -0.39 is 0 Å². The molecule has 0 atom stereocenters. The Morgan fingerprint density at radius 2 is 1.85 bits per heavy atom. The number of alkyl carbamates (subject to hydrolysis) is 1. The summed E-state index contributed by atoms with van der Waals surface area (Å²) in [6.45, 7) is 6.63. The van der Waals surface area contributed by atoms with Crippen LogP contribution < -0.4 is 5.32 Å². The van der Waals surface area contributed by atoms with Crippen molar-refractivity contribution in [2.24, 2.45) is 5.92 Å². The van der Waals surface area contributed by atoms with Gasteiger partial charge >= 0.3 is 6.09 Å². The fourth-order valence-corrected chi connectivity index (χ4v) is 3.13. The number of benzene rings is 1. The van der Waals surface area contributed by atoms with Gasteiger partial charge in [0.15, 0.2) is 0 Å². The zero-order chi connectivity index (χ0) is 19.0. The summed E-state index contributed by atoms with van der Waals surface area (Å²) < 4.78 is 5.27. The van der Waals surface area contributed by atoms with Crippen LogP contribution in [0.4, 0.5) is 4.79 Å². The van der Waals surface area contributed by atoms with Gasteiger partial charge in [0, 0.05) is 6.04 Å². The molecule has 1 aromatic rings. The van der Waals surface area contributed by atoms with Gasteiger partial charge in [-0.3, -0.25) is 9.63 Å². The molecule has 1 saturated carbocycles. The highest BCUT2D eigenvalue weighted by molar-refractivity contribution is 5.67. The third kappa shape index (κ3) is 7.44. The topological polar surface area (TPSA) is 67.9 Å². The van der Waals surface area contributed by atoms with E-state index in [4.69, 9.17) is 9.57 Å². The standard InChI is InChI=1S/C20H30N2O4/c1-20(2,3)26-22(15-23)13-16-9-11-18(12-10-16)21-19(24)25-14-17-7-5-4-6-8-17/h4-8,15-16,18H,9-14H2,1-3H3,(H,21,24). The van der Waals surface area contributed by atoms with Gasteiger partial charge in [0.2, 0.25) is 6.41 Å². The largest absolute Gasteiger partial charge is 0.445 e. The van der Waals surface area contributed by atoms with E-state index in [0.29, 0.717) is 12.5 Å². The molecule has 0 aliphatic heterocycles. The Bertz CT molecular complexity index is 563. The number of carbonyl (C=O) groups excluding carboxylic acids is 2. The summed E-state index contributed by atoms with van der Waals surface area (Å²) in [5, 5.41) is 4.34. The molecule has 2 rings (SSSR count). The average Bonchev–Trinajstić information content (AvgIpc) is 2.61. The molecular weight excluding hydrogens is 332 g/mol. The van der Waals surface area contributed by atoms with Crippen LogP contribution in [0, 0.1) is 5.92 Å². The smallest absolute Gasteiger partial charge is 0.407 e. The van der Waals surface area contributed by atoms with Crippen molar-refractivity contribution in [1.29, 1.82) is 0 Å². The monoisotopic (exact) mass is 362 g/mol. The van der Waals surface area contributed by atoms with Crippen molar-refractivity contribution in [2.75, 3.05) is 6.54 Å². The molecule has 6 nitrogen and oxygen atoms in total. The second kappa shape index (κ2) is 9.57. The molecule has 1 aliphatic carbocycles. The average molecular weight is 362 g/mol. The fourth-order valence-electron chi connectivity index (χ4n) is 3.13. The Morgan fingerprint density at radius 1 is 1.19 bits per heavy atom. The summed E-state index contributed by atoms with van der Waals surface area (Å²) in [7, 11) is 0. The summed E-state index contributed by atoms with van der Waals surface area (Å²) in [5.41, 5.74) is 0.585. The fraction of sp³-hybridized carbons (Fsp3) is 0.600. The number of carbonyl (C=O) groups is 2. The molecule has 0 aromatic heterocycles. The van der Waals surface area contributed by atoms with Gasteiger partial charge in [-0.05, 0) is 57.9 Å². The molecule has 0 radical (unpaired) electrons. The lowest BCUT2D eigenvalue weighted by atomic mass is 9.86. The molecule has 0 saturated heterocycles. The molecule has 0 heterocycles. The normalized spacial score (nSPS) is 20.3. The second-order valence-electron chi connectivity index (χ2n) is 7.83. The molecule has 144 valence electrons. The Hall–Kier alpha value is -2.08. The predicted molar refractivity (Wildman–Crippen MR) is 99.1 cm³/mol. The van der Waals surface area contributed by atoms with Gasteiger partial charge in [-0.15, -0.1) is 0 Å². The summed E-state index contributed by atoms with van der Waals surface area (Å²) in [4.78, 5) is 28.8. The van der Waals surface area contributed by atoms with E-state index in [1.165, 1.54) is 5.06 Å². The van der Waals surface area contributed by atoms with Gasteiger partial charge in [0.25, 0.3) is 0 Å². The maximum absolute atomic E-state index is 11.9. The molecule has 0 spiro atoms. The molecule has 1 fully saturated rings. The van der Waals surface area contributed by atoms with Crippen LogP contribution >= 0.6 is 0 Å². The predicted octanol–water partition coefficient (Wildman–Crippen LogP) is 3.66. The Labute approximate surface area is 155 Å². The van der Waals surface area contributed by atoms with Crippen molar-refractivity contribution < 1.29 is 19.2 Å². The molecule has 0 unspecified atom stereocenters.